The Bertz CT molecular complexity index is 658. The summed E-state index contributed by atoms with van der Waals surface area (Å²) in [5, 5.41) is 4.06. The highest BCUT2D eigenvalue weighted by molar-refractivity contribution is 5.94. The van der Waals surface area contributed by atoms with Crippen molar-refractivity contribution in [3.05, 3.63) is 0 Å². The first-order chi connectivity index (χ1) is 11.7. The monoisotopic (exact) mass is 351 g/mol. The number of esters is 2. The van der Waals surface area contributed by atoms with Crippen LogP contribution in [0.15, 0.2) is 5.16 Å². The third-order valence-electron chi connectivity index (χ3n) is 6.61. The fourth-order valence-electron chi connectivity index (χ4n) is 5.34. The minimum Gasteiger partial charge on any atom is -0.465 e. The standard InChI is InChI=1S/C18H25NO6/c1-11-5-8-18-16(4,10-23-12(2)20)14(19-25-13(3)21)6-7-17(11,18)9-15(22)24-18/h11H,5-10H2,1-4H3/b19-14+/t11-,16-,17-,18-/m1/s1. The number of carbonyl (C=O) groups is 3. The summed E-state index contributed by atoms with van der Waals surface area (Å²) in [5.41, 5.74) is -1.26. The average Bonchev–Trinajstić information content (AvgIpc) is 2.98. The predicted molar refractivity (Wildman–Crippen MR) is 87.4 cm³/mol. The predicted octanol–water partition coefficient (Wildman–Crippen LogP) is 2.37. The molecule has 7 heteroatoms. The van der Waals surface area contributed by atoms with Gasteiger partial charge in [-0.25, -0.2) is 4.79 Å². The summed E-state index contributed by atoms with van der Waals surface area (Å²) in [6, 6.07) is 0. The molecule has 0 N–H and O–H groups in total. The van der Waals surface area contributed by atoms with Crippen molar-refractivity contribution in [2.24, 2.45) is 21.9 Å². The number of ether oxygens (including phenoxy) is 2. The van der Waals surface area contributed by atoms with Crippen LogP contribution in [-0.2, 0) is 28.7 Å². The summed E-state index contributed by atoms with van der Waals surface area (Å²) in [5.74, 6) is -0.809. The van der Waals surface area contributed by atoms with Crippen LogP contribution in [0, 0.1) is 16.7 Å². The first-order valence-electron chi connectivity index (χ1n) is 8.77. The highest BCUT2D eigenvalue weighted by atomic mass is 16.7. The van der Waals surface area contributed by atoms with Crippen molar-refractivity contribution < 1.29 is 28.7 Å². The van der Waals surface area contributed by atoms with Crippen LogP contribution in [0.2, 0.25) is 0 Å². The van der Waals surface area contributed by atoms with Crippen LogP contribution < -0.4 is 0 Å². The minimum atomic E-state index is -0.816. The second-order valence-corrected chi connectivity index (χ2v) is 7.81. The van der Waals surface area contributed by atoms with E-state index in [2.05, 4.69) is 12.1 Å². The second-order valence-electron chi connectivity index (χ2n) is 7.81. The van der Waals surface area contributed by atoms with Gasteiger partial charge in [0.1, 0.15) is 12.2 Å². The van der Waals surface area contributed by atoms with Gasteiger partial charge < -0.3 is 14.3 Å². The van der Waals surface area contributed by atoms with Crippen molar-refractivity contribution in [2.75, 3.05) is 6.61 Å². The molecule has 0 bridgehead atoms. The molecule has 1 aliphatic heterocycles. The van der Waals surface area contributed by atoms with Gasteiger partial charge in [0.2, 0.25) is 0 Å². The lowest BCUT2D eigenvalue weighted by Crippen LogP contribution is -2.63. The fourth-order valence-corrected chi connectivity index (χ4v) is 5.34. The number of hydrogen-bond acceptors (Lipinski definition) is 7. The van der Waals surface area contributed by atoms with E-state index in [1.165, 1.54) is 13.8 Å². The molecule has 0 spiro atoms. The van der Waals surface area contributed by atoms with Gasteiger partial charge >= 0.3 is 17.9 Å². The molecule has 0 amide bonds. The molecular formula is C18H25NO6. The van der Waals surface area contributed by atoms with Crippen LogP contribution in [0.3, 0.4) is 0 Å². The summed E-state index contributed by atoms with van der Waals surface area (Å²) >= 11 is 0. The lowest BCUT2D eigenvalue weighted by atomic mass is 9.51. The smallest absolute Gasteiger partial charge is 0.331 e. The van der Waals surface area contributed by atoms with Crippen molar-refractivity contribution >= 4 is 23.6 Å². The molecule has 0 aromatic rings. The van der Waals surface area contributed by atoms with E-state index in [0.717, 1.165) is 12.8 Å². The highest BCUT2D eigenvalue weighted by Crippen LogP contribution is 2.69. The van der Waals surface area contributed by atoms with Gasteiger partial charge in [-0.05, 0) is 38.5 Å². The van der Waals surface area contributed by atoms with E-state index < -0.39 is 23.0 Å². The van der Waals surface area contributed by atoms with Crippen molar-refractivity contribution in [3.63, 3.8) is 0 Å². The molecule has 0 aromatic carbocycles. The van der Waals surface area contributed by atoms with Crippen LogP contribution in [0.25, 0.3) is 0 Å². The Hall–Kier alpha value is -1.92. The lowest BCUT2D eigenvalue weighted by molar-refractivity contribution is -0.176. The summed E-state index contributed by atoms with van der Waals surface area (Å²) in [7, 11) is 0. The number of nitrogens with zero attached hydrogens (tertiary/aromatic N) is 1. The van der Waals surface area contributed by atoms with Gasteiger partial charge in [-0.2, -0.15) is 0 Å². The quantitative estimate of drug-likeness (QED) is 0.440. The Balaban J connectivity index is 2.09. The molecule has 0 aromatic heterocycles. The molecule has 0 radical (unpaired) electrons. The molecule has 1 heterocycles. The maximum absolute atomic E-state index is 12.3. The molecule has 7 nitrogen and oxygen atoms in total. The van der Waals surface area contributed by atoms with Gasteiger partial charge in [0.05, 0.1) is 17.5 Å². The zero-order valence-corrected chi connectivity index (χ0v) is 15.2. The van der Waals surface area contributed by atoms with Crippen molar-refractivity contribution in [1.29, 1.82) is 0 Å². The maximum atomic E-state index is 12.3. The average molecular weight is 351 g/mol. The molecule has 25 heavy (non-hydrogen) atoms. The molecule has 2 saturated carbocycles. The number of hydrogen-bond donors (Lipinski definition) is 0. The van der Waals surface area contributed by atoms with E-state index in [1.807, 2.05) is 6.92 Å². The Morgan fingerprint density at radius 1 is 1.28 bits per heavy atom. The largest absolute Gasteiger partial charge is 0.465 e. The van der Waals surface area contributed by atoms with Crippen molar-refractivity contribution in [3.8, 4) is 0 Å². The normalized spacial score (nSPS) is 41.0. The molecule has 0 unspecified atom stereocenters. The van der Waals surface area contributed by atoms with Gasteiger partial charge in [0.25, 0.3) is 0 Å². The van der Waals surface area contributed by atoms with Crippen LogP contribution in [-0.4, -0.2) is 35.8 Å². The molecule has 3 aliphatic rings. The number of carbonyl (C=O) groups excluding carboxylic acids is 3. The molecule has 3 rings (SSSR count). The third kappa shape index (κ3) is 2.39. The van der Waals surface area contributed by atoms with E-state index in [0.29, 0.717) is 30.9 Å². The van der Waals surface area contributed by atoms with Gasteiger partial charge in [0, 0.05) is 19.3 Å². The SMILES string of the molecule is CC(=O)OC[C@]1(C)/C(=N/OC(C)=O)CC[C@]23CC(=O)O[C@@]21CC[C@H]3C. The summed E-state index contributed by atoms with van der Waals surface area (Å²) in [6.45, 7) is 6.74. The molecule has 138 valence electrons. The molecule has 1 saturated heterocycles. The Morgan fingerprint density at radius 3 is 2.64 bits per heavy atom. The summed E-state index contributed by atoms with van der Waals surface area (Å²) in [4.78, 5) is 39.9. The molecular weight excluding hydrogens is 326 g/mol. The number of oxime groups is 1. The van der Waals surface area contributed by atoms with E-state index >= 15 is 0 Å². The van der Waals surface area contributed by atoms with Gasteiger partial charge in [-0.15, -0.1) is 0 Å². The first-order valence-corrected chi connectivity index (χ1v) is 8.77. The van der Waals surface area contributed by atoms with Gasteiger partial charge in [-0.1, -0.05) is 12.1 Å². The highest BCUT2D eigenvalue weighted by Gasteiger charge is 2.75. The van der Waals surface area contributed by atoms with Crippen molar-refractivity contribution in [2.45, 2.75) is 65.4 Å². The maximum Gasteiger partial charge on any atom is 0.331 e. The van der Waals surface area contributed by atoms with Crippen LogP contribution in [0.5, 0.6) is 0 Å². The van der Waals surface area contributed by atoms with Gasteiger partial charge in [0.15, 0.2) is 0 Å². The summed E-state index contributed by atoms with van der Waals surface area (Å²) in [6.07, 6.45) is 3.33. The zero-order valence-electron chi connectivity index (χ0n) is 15.2. The van der Waals surface area contributed by atoms with E-state index in [1.54, 1.807) is 0 Å². The second kappa shape index (κ2) is 5.81. The van der Waals surface area contributed by atoms with E-state index in [4.69, 9.17) is 14.3 Å². The Labute approximate surface area is 147 Å². The third-order valence-corrected chi connectivity index (χ3v) is 6.61. The van der Waals surface area contributed by atoms with E-state index in [-0.39, 0.29) is 18.0 Å². The molecule has 4 atom stereocenters. The van der Waals surface area contributed by atoms with E-state index in [9.17, 15) is 14.4 Å². The number of rotatable bonds is 3. The van der Waals surface area contributed by atoms with Crippen LogP contribution >= 0.6 is 0 Å². The first kappa shape index (κ1) is 17.9. The van der Waals surface area contributed by atoms with Crippen molar-refractivity contribution in [1.82, 2.24) is 0 Å². The van der Waals surface area contributed by atoms with Crippen LogP contribution in [0.1, 0.15) is 59.8 Å². The minimum absolute atomic E-state index is 0.0458. The lowest BCUT2D eigenvalue weighted by Gasteiger charge is -2.54. The zero-order chi connectivity index (χ0) is 18.5. The summed E-state index contributed by atoms with van der Waals surface area (Å²) < 4.78 is 11.3. The van der Waals surface area contributed by atoms with Crippen LogP contribution in [0.4, 0.5) is 0 Å². The molecule has 3 fully saturated rings. The Morgan fingerprint density at radius 2 is 2.00 bits per heavy atom. The fraction of sp³-hybridized carbons (Fsp3) is 0.778. The Kier molecular flexibility index (Phi) is 4.16. The van der Waals surface area contributed by atoms with Gasteiger partial charge in [-0.3, -0.25) is 9.59 Å². The topological polar surface area (TPSA) is 91.3 Å². The molecule has 2 aliphatic carbocycles.